The fourth-order valence-corrected chi connectivity index (χ4v) is 1.42. The summed E-state index contributed by atoms with van der Waals surface area (Å²) < 4.78 is 41.7. The lowest BCUT2D eigenvalue weighted by Crippen LogP contribution is -2.28. The van der Waals surface area contributed by atoms with Crippen LogP contribution in [0.4, 0.5) is 13.2 Å². The molecule has 0 unspecified atom stereocenters. The molecular formula is C14H14F3NO3. The first kappa shape index (κ1) is 17.0. The van der Waals surface area contributed by atoms with Crippen molar-refractivity contribution < 1.29 is 27.8 Å². The highest BCUT2D eigenvalue weighted by Gasteiger charge is 2.11. The van der Waals surface area contributed by atoms with Crippen LogP contribution in [0.25, 0.3) is 0 Å². The molecule has 1 amide bonds. The Morgan fingerprint density at radius 3 is 2.86 bits per heavy atom. The van der Waals surface area contributed by atoms with Gasteiger partial charge in [-0.05, 0) is 18.2 Å². The molecule has 0 saturated heterocycles. The highest BCUT2D eigenvalue weighted by Crippen LogP contribution is 2.10. The van der Waals surface area contributed by atoms with Crippen LogP contribution in [0.3, 0.4) is 0 Å². The Balaban J connectivity index is 2.57. The van der Waals surface area contributed by atoms with Gasteiger partial charge in [-0.25, -0.2) is 13.2 Å². The van der Waals surface area contributed by atoms with Crippen LogP contribution in [0.2, 0.25) is 0 Å². The van der Waals surface area contributed by atoms with Gasteiger partial charge in [-0.3, -0.25) is 4.79 Å². The van der Waals surface area contributed by atoms with E-state index in [2.05, 4.69) is 21.9 Å². The van der Waals surface area contributed by atoms with E-state index in [1.807, 2.05) is 0 Å². The molecule has 0 saturated carbocycles. The minimum absolute atomic E-state index is 0.0163. The second-order valence-corrected chi connectivity index (χ2v) is 3.88. The quantitative estimate of drug-likeness (QED) is 0.613. The van der Waals surface area contributed by atoms with Crippen LogP contribution in [0.1, 0.15) is 15.9 Å². The maximum absolute atomic E-state index is 13.5. The number of benzene rings is 1. The van der Waals surface area contributed by atoms with Gasteiger partial charge >= 0.3 is 0 Å². The molecule has 1 rings (SSSR count). The molecule has 0 aliphatic carbocycles. The van der Waals surface area contributed by atoms with Gasteiger partial charge in [-0.1, -0.05) is 11.8 Å². The molecule has 4 nitrogen and oxygen atoms in total. The van der Waals surface area contributed by atoms with E-state index in [0.717, 1.165) is 6.07 Å². The summed E-state index contributed by atoms with van der Waals surface area (Å²) in [5, 5.41) is 10.9. The van der Waals surface area contributed by atoms with E-state index >= 15 is 0 Å². The van der Waals surface area contributed by atoms with Gasteiger partial charge in [0.05, 0.1) is 12.2 Å². The van der Waals surface area contributed by atoms with Crippen LogP contribution < -0.4 is 5.32 Å². The van der Waals surface area contributed by atoms with Crippen LogP contribution in [-0.2, 0) is 4.74 Å². The van der Waals surface area contributed by atoms with Gasteiger partial charge in [0.25, 0.3) is 12.3 Å². The van der Waals surface area contributed by atoms with Gasteiger partial charge in [-0.15, -0.1) is 0 Å². The second-order valence-electron chi connectivity index (χ2n) is 3.88. The molecule has 7 heteroatoms. The van der Waals surface area contributed by atoms with Crippen LogP contribution >= 0.6 is 0 Å². The topological polar surface area (TPSA) is 58.6 Å². The molecule has 1 aromatic rings. The van der Waals surface area contributed by atoms with Gasteiger partial charge in [0.2, 0.25) is 0 Å². The largest absolute Gasteiger partial charge is 0.384 e. The predicted molar refractivity (Wildman–Crippen MR) is 69.5 cm³/mol. The Labute approximate surface area is 119 Å². The van der Waals surface area contributed by atoms with Crippen molar-refractivity contribution in [2.24, 2.45) is 0 Å². The van der Waals surface area contributed by atoms with E-state index < -0.39 is 24.8 Å². The summed E-state index contributed by atoms with van der Waals surface area (Å²) in [6.07, 6.45) is -2.57. The van der Waals surface area contributed by atoms with Crippen molar-refractivity contribution in [2.75, 3.05) is 26.4 Å². The lowest BCUT2D eigenvalue weighted by molar-refractivity contribution is 0.0188. The molecule has 114 valence electrons. The van der Waals surface area contributed by atoms with Gasteiger partial charge < -0.3 is 15.2 Å². The summed E-state index contributed by atoms with van der Waals surface area (Å²) in [6, 6.07) is 3.71. The number of hydrogen-bond acceptors (Lipinski definition) is 3. The lowest BCUT2D eigenvalue weighted by Gasteiger charge is -2.07. The Morgan fingerprint density at radius 2 is 2.19 bits per heavy atom. The number of carbonyl (C=O) groups is 1. The minimum Gasteiger partial charge on any atom is -0.384 e. The number of amides is 1. The molecule has 1 aromatic carbocycles. The molecule has 0 heterocycles. The summed E-state index contributed by atoms with van der Waals surface area (Å²) in [6.45, 7) is -1.17. The molecule has 0 aromatic heterocycles. The van der Waals surface area contributed by atoms with Crippen molar-refractivity contribution in [3.05, 3.63) is 35.1 Å². The van der Waals surface area contributed by atoms with Crippen LogP contribution in [0, 0.1) is 17.7 Å². The van der Waals surface area contributed by atoms with Gasteiger partial charge in [0.15, 0.2) is 0 Å². The molecule has 0 bridgehead atoms. The highest BCUT2D eigenvalue weighted by atomic mass is 19.3. The summed E-state index contributed by atoms with van der Waals surface area (Å²) >= 11 is 0. The molecule has 0 fully saturated rings. The van der Waals surface area contributed by atoms with Crippen LogP contribution in [0.15, 0.2) is 18.2 Å². The van der Waals surface area contributed by atoms with Gasteiger partial charge in [-0.2, -0.15) is 0 Å². The molecule has 0 aliphatic rings. The van der Waals surface area contributed by atoms with Crippen molar-refractivity contribution in [2.45, 2.75) is 6.43 Å². The van der Waals surface area contributed by atoms with E-state index in [4.69, 9.17) is 5.11 Å². The monoisotopic (exact) mass is 301 g/mol. The molecule has 0 spiro atoms. The zero-order valence-corrected chi connectivity index (χ0v) is 11.0. The number of carbonyl (C=O) groups excluding carboxylic acids is 1. The zero-order chi connectivity index (χ0) is 15.7. The number of aliphatic hydroxyl groups excluding tert-OH is 1. The first-order chi connectivity index (χ1) is 10.0. The van der Waals surface area contributed by atoms with Crippen molar-refractivity contribution >= 4 is 5.91 Å². The summed E-state index contributed by atoms with van der Waals surface area (Å²) in [5.41, 5.74) is 0.165. The average molecular weight is 301 g/mol. The summed E-state index contributed by atoms with van der Waals surface area (Å²) in [5.74, 6) is 3.51. The lowest BCUT2D eigenvalue weighted by atomic mass is 10.1. The third-order valence-electron chi connectivity index (χ3n) is 2.30. The SMILES string of the molecule is O=C(NCCOCC(F)F)c1cc(C#CCO)ccc1F. The molecule has 2 N–H and O–H groups in total. The molecule has 0 radical (unpaired) electrons. The minimum atomic E-state index is -2.57. The normalized spacial score (nSPS) is 10.1. The third kappa shape index (κ3) is 6.29. The zero-order valence-electron chi connectivity index (χ0n) is 11.0. The summed E-state index contributed by atoms with van der Waals surface area (Å²) in [7, 11) is 0. The second kappa shape index (κ2) is 9.00. The van der Waals surface area contributed by atoms with Crippen molar-refractivity contribution in [3.8, 4) is 11.8 Å². The van der Waals surface area contributed by atoms with Crippen LogP contribution in [-0.4, -0.2) is 43.8 Å². The number of nitrogens with one attached hydrogen (secondary N) is 1. The Bertz CT molecular complexity index is 538. The van der Waals surface area contributed by atoms with Crippen LogP contribution in [0.5, 0.6) is 0 Å². The van der Waals surface area contributed by atoms with Crippen molar-refractivity contribution in [3.63, 3.8) is 0 Å². The van der Waals surface area contributed by atoms with E-state index in [1.165, 1.54) is 12.1 Å². The van der Waals surface area contributed by atoms with E-state index in [9.17, 15) is 18.0 Å². The average Bonchev–Trinajstić information content (AvgIpc) is 2.45. The van der Waals surface area contributed by atoms with Gasteiger partial charge in [0.1, 0.15) is 19.0 Å². The Hall–Kier alpha value is -2.04. The smallest absolute Gasteiger partial charge is 0.261 e. The maximum atomic E-state index is 13.5. The number of rotatable bonds is 6. The summed E-state index contributed by atoms with van der Waals surface area (Å²) in [4.78, 5) is 11.7. The molecule has 0 atom stereocenters. The third-order valence-corrected chi connectivity index (χ3v) is 2.30. The first-order valence-electron chi connectivity index (χ1n) is 6.08. The first-order valence-corrected chi connectivity index (χ1v) is 6.08. The number of aliphatic hydroxyl groups is 1. The van der Waals surface area contributed by atoms with Crippen molar-refractivity contribution in [1.29, 1.82) is 0 Å². The molecule has 21 heavy (non-hydrogen) atoms. The fraction of sp³-hybridized carbons (Fsp3) is 0.357. The predicted octanol–water partition coefficient (Wildman–Crippen LogP) is 1.18. The number of halogens is 3. The fourth-order valence-electron chi connectivity index (χ4n) is 1.42. The number of ether oxygens (including phenoxy) is 1. The van der Waals surface area contributed by atoms with Crippen molar-refractivity contribution in [1.82, 2.24) is 5.32 Å². The van der Waals surface area contributed by atoms with E-state index in [0.29, 0.717) is 5.56 Å². The standard InChI is InChI=1S/C14H14F3NO3/c15-12-4-3-10(2-1-6-19)8-11(12)14(20)18-5-7-21-9-13(16)17/h3-4,8,13,19H,5-7,9H2,(H,18,20). The number of hydrogen-bond donors (Lipinski definition) is 2. The van der Waals surface area contributed by atoms with E-state index in [1.54, 1.807) is 0 Å². The van der Waals surface area contributed by atoms with E-state index in [-0.39, 0.29) is 25.3 Å². The maximum Gasteiger partial charge on any atom is 0.261 e. The Kier molecular flexibility index (Phi) is 7.29. The highest BCUT2D eigenvalue weighted by molar-refractivity contribution is 5.94. The Morgan fingerprint density at radius 1 is 1.43 bits per heavy atom. The molecular weight excluding hydrogens is 287 g/mol. The molecule has 0 aliphatic heterocycles. The number of alkyl halides is 2. The van der Waals surface area contributed by atoms with Gasteiger partial charge in [0, 0.05) is 12.1 Å².